The average Bonchev–Trinajstić information content (AvgIpc) is 2.93. The fourth-order valence-electron chi connectivity index (χ4n) is 7.03. The Morgan fingerprint density at radius 1 is 1.02 bits per heavy atom. The van der Waals surface area contributed by atoms with Crippen molar-refractivity contribution in [2.45, 2.75) is 82.1 Å². The van der Waals surface area contributed by atoms with Gasteiger partial charge < -0.3 is 20.1 Å². The number of phenolic OH excluding ortho intramolecular Hbond substituents is 1. The maximum atomic E-state index is 13.6. The van der Waals surface area contributed by atoms with Gasteiger partial charge in [-0.15, -0.1) is 0 Å². The fourth-order valence-corrected chi connectivity index (χ4v) is 10.1. The van der Waals surface area contributed by atoms with Crippen molar-refractivity contribution in [2.24, 2.45) is 0 Å². The molecule has 3 aromatic rings. The molecular weight excluding hydrogens is 520 g/mol. The lowest BCUT2D eigenvalue weighted by molar-refractivity contribution is -0.150. The highest BCUT2D eigenvalue weighted by molar-refractivity contribution is 6.92. The first-order valence-electron chi connectivity index (χ1n) is 14.1. The van der Waals surface area contributed by atoms with Gasteiger partial charge in [0.2, 0.25) is 0 Å². The Kier molecular flexibility index (Phi) is 6.42. The molecule has 1 unspecified atom stereocenters. The maximum Gasteiger partial charge on any atom is 0.196 e. The van der Waals surface area contributed by atoms with Gasteiger partial charge in [0.05, 0.1) is 31.9 Å². The molecule has 1 fully saturated rings. The topological polar surface area (TPSA) is 104 Å². The van der Waals surface area contributed by atoms with Crippen LogP contribution in [0.3, 0.4) is 0 Å². The summed E-state index contributed by atoms with van der Waals surface area (Å²) in [5, 5.41) is 34.7. The summed E-state index contributed by atoms with van der Waals surface area (Å²) in [6, 6.07) is 16.5. The van der Waals surface area contributed by atoms with Crippen LogP contribution in [0.1, 0.15) is 58.5 Å². The van der Waals surface area contributed by atoms with Crippen LogP contribution >= 0.6 is 0 Å². The van der Waals surface area contributed by atoms with Crippen LogP contribution in [0.15, 0.2) is 60.2 Å². The minimum Gasteiger partial charge on any atom is -0.507 e. The van der Waals surface area contributed by atoms with Crippen LogP contribution in [-0.4, -0.2) is 59.4 Å². The molecule has 0 bridgehead atoms. The van der Waals surface area contributed by atoms with Crippen LogP contribution in [0.5, 0.6) is 5.75 Å². The van der Waals surface area contributed by atoms with E-state index < -0.39 is 38.3 Å². The first kappa shape index (κ1) is 27.1. The van der Waals surface area contributed by atoms with Crippen molar-refractivity contribution < 1.29 is 29.6 Å². The second-order valence-electron chi connectivity index (χ2n) is 12.6. The minimum atomic E-state index is -1.83. The normalized spacial score (nSPS) is 28.7. The van der Waals surface area contributed by atoms with Gasteiger partial charge in [0.25, 0.3) is 0 Å². The summed E-state index contributed by atoms with van der Waals surface area (Å²) >= 11 is 0. The molecule has 6 rings (SSSR count). The zero-order chi connectivity index (χ0) is 28.6. The zero-order valence-electron chi connectivity index (χ0n) is 23.4. The van der Waals surface area contributed by atoms with Crippen molar-refractivity contribution in [1.82, 2.24) is 0 Å². The van der Waals surface area contributed by atoms with E-state index in [1.54, 1.807) is 13.0 Å². The summed E-state index contributed by atoms with van der Waals surface area (Å²) in [5.74, 6) is -1.03. The summed E-state index contributed by atoms with van der Waals surface area (Å²) in [5.41, 5.74) is 2.67. The van der Waals surface area contributed by atoms with Crippen LogP contribution in [0.4, 0.5) is 0 Å². The molecule has 1 aliphatic heterocycles. The summed E-state index contributed by atoms with van der Waals surface area (Å²) in [4.78, 5) is 27.0. The van der Waals surface area contributed by atoms with Crippen molar-refractivity contribution in [1.29, 1.82) is 0 Å². The van der Waals surface area contributed by atoms with Crippen molar-refractivity contribution in [3.63, 3.8) is 0 Å². The molecule has 0 saturated carbocycles. The number of aliphatic hydroxyl groups is 2. The summed E-state index contributed by atoms with van der Waals surface area (Å²) in [6.07, 6.45) is 0.360. The molecule has 0 spiro atoms. The van der Waals surface area contributed by atoms with E-state index in [1.807, 2.05) is 6.07 Å². The standard InChI is InChI=1S/C33H36O6Si/c1-18-30(36)27(35)16-28(39-18)25-15-26(34)24-14-23-21-12-13-33(2,40(3,4)20-8-6-5-7-9-20)17-19(21)10-11-22(23)31(37)29(24)32(25)38/h5-11,14-15,18,27-28,30,35-37H,12-13,16-17H2,1-4H3/t18-,27-,28-,30-,33?/m1/s1. The molecule has 0 aromatic heterocycles. The SMILES string of the molecule is C[C@H]1O[C@@H](C2=CC(=O)c3cc4c5c(ccc4c(O)c3C2=O)CC(C)([Si](C)(C)c2ccccc2)CC5)C[C@@H](O)[C@@H]1O. The van der Waals surface area contributed by atoms with E-state index in [2.05, 4.69) is 56.4 Å². The quantitative estimate of drug-likeness (QED) is 0.407. The summed E-state index contributed by atoms with van der Waals surface area (Å²) in [6.45, 7) is 8.91. The van der Waals surface area contributed by atoms with Gasteiger partial charge in [-0.2, -0.15) is 0 Å². The Morgan fingerprint density at radius 2 is 1.75 bits per heavy atom. The predicted molar refractivity (Wildman–Crippen MR) is 157 cm³/mol. The highest BCUT2D eigenvalue weighted by Crippen LogP contribution is 2.50. The molecule has 1 heterocycles. The number of ether oxygens (including phenoxy) is 1. The average molecular weight is 557 g/mol. The number of aromatic hydroxyl groups is 1. The van der Waals surface area contributed by atoms with E-state index in [9.17, 15) is 24.9 Å². The molecule has 3 aromatic carbocycles. The summed E-state index contributed by atoms with van der Waals surface area (Å²) < 4.78 is 5.79. The van der Waals surface area contributed by atoms with Gasteiger partial charge in [-0.05, 0) is 59.9 Å². The first-order chi connectivity index (χ1) is 18.9. The van der Waals surface area contributed by atoms with E-state index in [1.165, 1.54) is 16.8 Å². The zero-order valence-corrected chi connectivity index (χ0v) is 24.4. The summed E-state index contributed by atoms with van der Waals surface area (Å²) in [7, 11) is -1.83. The monoisotopic (exact) mass is 556 g/mol. The predicted octanol–water partition coefficient (Wildman–Crippen LogP) is 4.61. The van der Waals surface area contributed by atoms with Gasteiger partial charge in [0, 0.05) is 22.9 Å². The molecule has 40 heavy (non-hydrogen) atoms. The van der Waals surface area contributed by atoms with Crippen molar-refractivity contribution in [2.75, 3.05) is 0 Å². The van der Waals surface area contributed by atoms with E-state index in [-0.39, 0.29) is 39.7 Å². The molecular formula is C33H36O6Si. The number of carbonyl (C=O) groups excluding carboxylic acids is 2. The third-order valence-electron chi connectivity index (χ3n) is 10.1. The number of allylic oxidation sites excluding steroid dienone is 1. The van der Waals surface area contributed by atoms with Gasteiger partial charge in [-0.3, -0.25) is 9.59 Å². The second-order valence-corrected chi connectivity index (χ2v) is 17.6. The van der Waals surface area contributed by atoms with E-state index >= 15 is 0 Å². The van der Waals surface area contributed by atoms with Crippen LogP contribution in [0, 0.1) is 0 Å². The third-order valence-corrected chi connectivity index (χ3v) is 15.3. The molecule has 0 radical (unpaired) electrons. The van der Waals surface area contributed by atoms with Crippen molar-refractivity contribution >= 4 is 35.6 Å². The highest BCUT2D eigenvalue weighted by atomic mass is 28.3. The van der Waals surface area contributed by atoms with Crippen molar-refractivity contribution in [3.05, 3.63) is 82.4 Å². The molecule has 3 aliphatic rings. The van der Waals surface area contributed by atoms with Crippen molar-refractivity contribution in [3.8, 4) is 5.75 Å². The van der Waals surface area contributed by atoms with E-state index in [0.717, 1.165) is 30.2 Å². The number of phenols is 1. The number of carbonyl (C=O) groups is 2. The Hall–Kier alpha value is -3.10. The van der Waals surface area contributed by atoms with Crippen LogP contribution in [-0.2, 0) is 17.6 Å². The molecule has 6 nitrogen and oxygen atoms in total. The number of hydrogen-bond acceptors (Lipinski definition) is 6. The van der Waals surface area contributed by atoms with Crippen LogP contribution < -0.4 is 5.19 Å². The molecule has 7 heteroatoms. The van der Waals surface area contributed by atoms with E-state index in [0.29, 0.717) is 5.39 Å². The number of aryl methyl sites for hydroxylation is 1. The smallest absolute Gasteiger partial charge is 0.196 e. The minimum absolute atomic E-state index is 0.00500. The van der Waals surface area contributed by atoms with Gasteiger partial charge in [-0.1, -0.05) is 67.7 Å². The maximum absolute atomic E-state index is 13.6. The number of hydrogen-bond donors (Lipinski definition) is 3. The fraction of sp³-hybridized carbons (Fsp3) is 0.394. The molecule has 1 saturated heterocycles. The van der Waals surface area contributed by atoms with Gasteiger partial charge >= 0.3 is 0 Å². The number of rotatable bonds is 3. The number of Topliss-reactive ketones (excluding diaryl/α,β-unsaturated/α-hetero) is 1. The van der Waals surface area contributed by atoms with Gasteiger partial charge in [-0.25, -0.2) is 0 Å². The molecule has 0 amide bonds. The number of ketones is 2. The van der Waals surface area contributed by atoms with Crippen LogP contribution in [0.2, 0.25) is 18.1 Å². The molecule has 3 N–H and O–H groups in total. The van der Waals surface area contributed by atoms with Gasteiger partial charge in [0.15, 0.2) is 11.6 Å². The Labute approximate surface area is 235 Å². The van der Waals surface area contributed by atoms with Gasteiger partial charge in [0.1, 0.15) is 11.9 Å². The number of benzene rings is 3. The lowest BCUT2D eigenvalue weighted by atomic mass is 9.78. The lowest BCUT2D eigenvalue weighted by Gasteiger charge is -2.46. The molecule has 208 valence electrons. The Bertz CT molecular complexity index is 1560. The van der Waals surface area contributed by atoms with Crippen LogP contribution in [0.25, 0.3) is 10.8 Å². The van der Waals surface area contributed by atoms with E-state index in [4.69, 9.17) is 4.74 Å². The number of fused-ring (bicyclic) bond motifs is 4. The number of aliphatic hydroxyl groups excluding tert-OH is 2. The first-order valence-corrected chi connectivity index (χ1v) is 17.1. The highest BCUT2D eigenvalue weighted by Gasteiger charge is 2.46. The lowest BCUT2D eigenvalue weighted by Crippen LogP contribution is -2.53. The molecule has 5 atom stereocenters. The largest absolute Gasteiger partial charge is 0.507 e. The Morgan fingerprint density at radius 3 is 2.45 bits per heavy atom. The Balaban J connectivity index is 1.39. The second kappa shape index (κ2) is 9.48. The third kappa shape index (κ3) is 4.02. The molecule has 2 aliphatic carbocycles.